The van der Waals surface area contributed by atoms with Gasteiger partial charge in [-0.3, -0.25) is 14.5 Å². The Morgan fingerprint density at radius 2 is 1.86 bits per heavy atom. The molecule has 4 nitrogen and oxygen atoms in total. The van der Waals surface area contributed by atoms with Crippen LogP contribution in [0.25, 0.3) is 6.08 Å². The van der Waals surface area contributed by atoms with Gasteiger partial charge in [0, 0.05) is 5.56 Å². The van der Waals surface area contributed by atoms with E-state index < -0.39 is 0 Å². The molecule has 1 heterocycles. The molecular weight excluding hydrogens is 429 g/mol. The molecule has 1 fully saturated rings. The average Bonchev–Trinajstić information content (AvgIpc) is 3.24. The number of benzene rings is 2. The Hall–Kier alpha value is -1.95. The van der Waals surface area contributed by atoms with Crippen molar-refractivity contribution in [2.24, 2.45) is 0 Å². The molecule has 1 saturated heterocycles. The second-order valence-corrected chi connectivity index (χ2v) is 8.77. The SMILES string of the molecule is CCOc1cc2c(cc1C=C1SC(=O)N(Cc3ccc(Cl)c(Cl)c3)C1=O)CCC2. The van der Waals surface area contributed by atoms with Crippen LogP contribution < -0.4 is 4.74 Å². The Morgan fingerprint density at radius 3 is 2.59 bits per heavy atom. The van der Waals surface area contributed by atoms with Gasteiger partial charge in [-0.15, -0.1) is 0 Å². The minimum Gasteiger partial charge on any atom is -0.493 e. The lowest BCUT2D eigenvalue weighted by Gasteiger charge is -2.13. The summed E-state index contributed by atoms with van der Waals surface area (Å²) in [4.78, 5) is 27.0. The number of nitrogens with zero attached hydrogens (tertiary/aromatic N) is 1. The third-order valence-electron chi connectivity index (χ3n) is 5.01. The number of amides is 2. The van der Waals surface area contributed by atoms with E-state index in [-0.39, 0.29) is 17.7 Å². The van der Waals surface area contributed by atoms with E-state index in [0.717, 1.165) is 47.9 Å². The second kappa shape index (κ2) is 8.42. The highest BCUT2D eigenvalue weighted by atomic mass is 35.5. The fourth-order valence-electron chi connectivity index (χ4n) is 3.61. The number of imide groups is 1. The van der Waals surface area contributed by atoms with Gasteiger partial charge in [0.2, 0.25) is 0 Å². The molecule has 0 spiro atoms. The molecule has 4 rings (SSSR count). The van der Waals surface area contributed by atoms with Crippen molar-refractivity contribution in [1.82, 2.24) is 4.90 Å². The van der Waals surface area contributed by atoms with Crippen LogP contribution in [0.1, 0.15) is 35.6 Å². The minimum absolute atomic E-state index is 0.154. The summed E-state index contributed by atoms with van der Waals surface area (Å²) in [5.41, 5.74) is 4.18. The van der Waals surface area contributed by atoms with Gasteiger partial charge < -0.3 is 4.74 Å². The van der Waals surface area contributed by atoms with E-state index in [1.165, 1.54) is 16.0 Å². The zero-order valence-electron chi connectivity index (χ0n) is 15.8. The van der Waals surface area contributed by atoms with Crippen molar-refractivity contribution in [3.8, 4) is 5.75 Å². The number of carbonyl (C=O) groups is 2. The normalized spacial score (nSPS) is 17.3. The summed E-state index contributed by atoms with van der Waals surface area (Å²) in [6.45, 7) is 2.63. The molecule has 2 amide bonds. The van der Waals surface area contributed by atoms with Crippen molar-refractivity contribution in [2.75, 3.05) is 6.61 Å². The first-order valence-corrected chi connectivity index (χ1v) is 11.0. The number of ether oxygens (including phenoxy) is 1. The summed E-state index contributed by atoms with van der Waals surface area (Å²) < 4.78 is 5.79. The summed E-state index contributed by atoms with van der Waals surface area (Å²) in [5.74, 6) is 0.443. The van der Waals surface area contributed by atoms with Crippen LogP contribution in [0.2, 0.25) is 10.0 Å². The van der Waals surface area contributed by atoms with Crippen molar-refractivity contribution in [1.29, 1.82) is 0 Å². The first-order chi connectivity index (χ1) is 14.0. The van der Waals surface area contributed by atoms with Crippen molar-refractivity contribution >= 4 is 52.2 Å². The number of thioether (sulfide) groups is 1. The van der Waals surface area contributed by atoms with Crippen molar-refractivity contribution in [3.63, 3.8) is 0 Å². The highest BCUT2D eigenvalue weighted by molar-refractivity contribution is 8.18. The van der Waals surface area contributed by atoms with E-state index in [4.69, 9.17) is 27.9 Å². The lowest BCUT2D eigenvalue weighted by Crippen LogP contribution is -2.27. The van der Waals surface area contributed by atoms with Crippen molar-refractivity contribution in [3.05, 3.63) is 67.5 Å². The molecule has 0 bridgehead atoms. The Morgan fingerprint density at radius 1 is 1.10 bits per heavy atom. The predicted molar refractivity (Wildman–Crippen MR) is 118 cm³/mol. The Kier molecular flexibility index (Phi) is 5.91. The number of halogens is 2. The largest absolute Gasteiger partial charge is 0.493 e. The van der Waals surface area contributed by atoms with E-state index in [0.29, 0.717) is 21.6 Å². The molecule has 29 heavy (non-hydrogen) atoms. The van der Waals surface area contributed by atoms with Crippen LogP contribution in [0, 0.1) is 0 Å². The number of aryl methyl sites for hydroxylation is 2. The topological polar surface area (TPSA) is 46.6 Å². The van der Waals surface area contributed by atoms with Gasteiger partial charge in [-0.2, -0.15) is 0 Å². The molecule has 2 aliphatic rings. The van der Waals surface area contributed by atoms with E-state index in [1.807, 2.05) is 6.92 Å². The van der Waals surface area contributed by atoms with E-state index in [1.54, 1.807) is 24.3 Å². The van der Waals surface area contributed by atoms with Crippen LogP contribution in [0.4, 0.5) is 4.79 Å². The molecule has 1 aliphatic carbocycles. The van der Waals surface area contributed by atoms with Gasteiger partial charge in [0.15, 0.2) is 0 Å². The molecule has 0 N–H and O–H groups in total. The number of hydrogen-bond acceptors (Lipinski definition) is 4. The van der Waals surface area contributed by atoms with E-state index in [9.17, 15) is 9.59 Å². The first kappa shape index (κ1) is 20.3. The minimum atomic E-state index is -0.311. The fraction of sp³-hybridized carbons (Fsp3) is 0.273. The molecule has 0 aromatic heterocycles. The van der Waals surface area contributed by atoms with Crippen molar-refractivity contribution in [2.45, 2.75) is 32.7 Å². The van der Waals surface area contributed by atoms with Crippen molar-refractivity contribution < 1.29 is 14.3 Å². The lowest BCUT2D eigenvalue weighted by atomic mass is 10.0. The molecule has 0 radical (unpaired) electrons. The standard InChI is InChI=1S/C22H19Cl2NO3S/c1-2-28-19-10-15-5-3-4-14(15)9-16(19)11-20-21(26)25(22(27)29-20)12-13-6-7-17(23)18(24)8-13/h6-11H,2-5,12H2,1H3. The molecule has 2 aromatic carbocycles. The lowest BCUT2D eigenvalue weighted by molar-refractivity contribution is -0.123. The first-order valence-electron chi connectivity index (χ1n) is 9.44. The van der Waals surface area contributed by atoms with Gasteiger partial charge in [0.1, 0.15) is 5.75 Å². The zero-order valence-corrected chi connectivity index (χ0v) is 18.2. The molecular formula is C22H19Cl2NO3S. The molecule has 1 aliphatic heterocycles. The predicted octanol–water partition coefficient (Wildman–Crippen LogP) is 6.12. The zero-order chi connectivity index (χ0) is 20.5. The number of carbonyl (C=O) groups excluding carboxylic acids is 2. The molecule has 0 saturated carbocycles. The summed E-state index contributed by atoms with van der Waals surface area (Å²) in [6, 6.07) is 9.24. The summed E-state index contributed by atoms with van der Waals surface area (Å²) >= 11 is 12.9. The molecule has 0 unspecified atom stereocenters. The fourth-order valence-corrected chi connectivity index (χ4v) is 4.76. The van der Waals surface area contributed by atoms with Gasteiger partial charge in [-0.1, -0.05) is 29.3 Å². The second-order valence-electron chi connectivity index (χ2n) is 6.96. The maximum atomic E-state index is 12.9. The van der Waals surface area contributed by atoms with Gasteiger partial charge in [-0.05, 0) is 85.0 Å². The number of hydrogen-bond donors (Lipinski definition) is 0. The third kappa shape index (κ3) is 4.18. The van der Waals surface area contributed by atoms with Crippen LogP contribution in [0.15, 0.2) is 35.2 Å². The molecule has 150 valence electrons. The van der Waals surface area contributed by atoms with Crippen LogP contribution in [-0.4, -0.2) is 22.7 Å². The Balaban J connectivity index is 1.61. The van der Waals surface area contributed by atoms with Gasteiger partial charge in [0.25, 0.3) is 11.1 Å². The van der Waals surface area contributed by atoms with Gasteiger partial charge >= 0.3 is 0 Å². The molecule has 2 aromatic rings. The summed E-state index contributed by atoms with van der Waals surface area (Å²) in [5, 5.41) is 0.530. The quantitative estimate of drug-likeness (QED) is 0.518. The maximum absolute atomic E-state index is 12.9. The molecule has 7 heteroatoms. The highest BCUT2D eigenvalue weighted by Crippen LogP contribution is 2.37. The number of fused-ring (bicyclic) bond motifs is 1. The van der Waals surface area contributed by atoms with Crippen LogP contribution in [-0.2, 0) is 24.2 Å². The monoisotopic (exact) mass is 447 g/mol. The Labute approximate surface area is 183 Å². The Bertz CT molecular complexity index is 1030. The molecule has 0 atom stereocenters. The smallest absolute Gasteiger partial charge is 0.293 e. The summed E-state index contributed by atoms with van der Waals surface area (Å²) in [7, 11) is 0. The van der Waals surface area contributed by atoms with Gasteiger partial charge in [-0.25, -0.2) is 0 Å². The van der Waals surface area contributed by atoms with Crippen LogP contribution >= 0.6 is 35.0 Å². The summed E-state index contributed by atoms with van der Waals surface area (Å²) in [6.07, 6.45) is 4.98. The van der Waals surface area contributed by atoms with Gasteiger partial charge in [0.05, 0.1) is 28.1 Å². The van der Waals surface area contributed by atoms with E-state index in [2.05, 4.69) is 12.1 Å². The van der Waals surface area contributed by atoms with Crippen LogP contribution in [0.5, 0.6) is 5.75 Å². The third-order valence-corrected chi connectivity index (χ3v) is 6.66. The average molecular weight is 448 g/mol. The van der Waals surface area contributed by atoms with E-state index >= 15 is 0 Å². The highest BCUT2D eigenvalue weighted by Gasteiger charge is 2.35. The van der Waals surface area contributed by atoms with Crippen LogP contribution in [0.3, 0.4) is 0 Å². The number of rotatable bonds is 5. The maximum Gasteiger partial charge on any atom is 0.293 e.